The first-order valence-corrected chi connectivity index (χ1v) is 7.87. The quantitative estimate of drug-likeness (QED) is 0.363. The van der Waals surface area contributed by atoms with Crippen LogP contribution in [0.5, 0.6) is 0 Å². The molecule has 114 valence electrons. The summed E-state index contributed by atoms with van der Waals surface area (Å²) in [6.07, 6.45) is 2.64. The molecular formula is C13H28IN3OS. The molecule has 1 atom stereocenters. The molecule has 0 aromatic carbocycles. The van der Waals surface area contributed by atoms with Crippen LogP contribution in [0.2, 0.25) is 0 Å². The van der Waals surface area contributed by atoms with E-state index in [0.29, 0.717) is 6.54 Å². The Morgan fingerprint density at radius 2 is 2.16 bits per heavy atom. The molecule has 0 aliphatic carbocycles. The van der Waals surface area contributed by atoms with Crippen molar-refractivity contribution in [1.29, 1.82) is 0 Å². The molecule has 0 amide bonds. The lowest BCUT2D eigenvalue weighted by atomic mass is 9.95. The molecule has 0 saturated carbocycles. The average molecular weight is 401 g/mol. The van der Waals surface area contributed by atoms with Gasteiger partial charge in [0, 0.05) is 30.4 Å². The van der Waals surface area contributed by atoms with Gasteiger partial charge in [-0.25, -0.2) is 0 Å². The molecule has 1 aliphatic heterocycles. The zero-order chi connectivity index (χ0) is 13.4. The monoisotopic (exact) mass is 401 g/mol. The Labute approximate surface area is 138 Å². The number of nitrogens with zero attached hydrogens (tertiary/aromatic N) is 1. The predicted octanol–water partition coefficient (Wildman–Crippen LogP) is 2.07. The number of aliphatic hydroxyl groups is 1. The number of halogens is 1. The van der Waals surface area contributed by atoms with Crippen LogP contribution in [-0.2, 0) is 0 Å². The van der Waals surface area contributed by atoms with Crippen LogP contribution in [0.3, 0.4) is 0 Å². The molecule has 1 rings (SSSR count). The Kier molecular flexibility index (Phi) is 10.3. The summed E-state index contributed by atoms with van der Waals surface area (Å²) >= 11 is 2.05. The van der Waals surface area contributed by atoms with Crippen molar-refractivity contribution in [3.8, 4) is 0 Å². The third-order valence-corrected chi connectivity index (χ3v) is 4.36. The van der Waals surface area contributed by atoms with Crippen LogP contribution in [0.25, 0.3) is 0 Å². The SMILES string of the molecule is CCNC(=NCC(C)(C)CO)NCC1CCCS1.I. The van der Waals surface area contributed by atoms with Crippen molar-refractivity contribution >= 4 is 41.7 Å². The normalized spacial score (nSPS) is 20.0. The van der Waals surface area contributed by atoms with Gasteiger partial charge in [-0.3, -0.25) is 4.99 Å². The number of hydrogen-bond donors (Lipinski definition) is 3. The molecular weight excluding hydrogens is 373 g/mol. The second-order valence-corrected chi connectivity index (χ2v) is 6.94. The van der Waals surface area contributed by atoms with E-state index in [4.69, 9.17) is 0 Å². The molecule has 1 fully saturated rings. The number of thioether (sulfide) groups is 1. The highest BCUT2D eigenvalue weighted by Gasteiger charge is 2.17. The molecule has 19 heavy (non-hydrogen) atoms. The molecule has 0 spiro atoms. The minimum absolute atomic E-state index is 0. The molecule has 1 aliphatic rings. The van der Waals surface area contributed by atoms with E-state index in [2.05, 4.69) is 22.5 Å². The fourth-order valence-electron chi connectivity index (χ4n) is 1.70. The van der Waals surface area contributed by atoms with Crippen LogP contribution in [0, 0.1) is 5.41 Å². The van der Waals surface area contributed by atoms with Crippen molar-refractivity contribution < 1.29 is 5.11 Å². The van der Waals surface area contributed by atoms with E-state index in [0.717, 1.165) is 24.3 Å². The highest BCUT2D eigenvalue weighted by Crippen LogP contribution is 2.25. The molecule has 0 aromatic heterocycles. The third kappa shape index (κ3) is 8.24. The smallest absolute Gasteiger partial charge is 0.191 e. The van der Waals surface area contributed by atoms with Crippen molar-refractivity contribution in [2.45, 2.75) is 38.9 Å². The molecule has 6 heteroatoms. The number of aliphatic hydroxyl groups excluding tert-OH is 1. The predicted molar refractivity (Wildman–Crippen MR) is 95.7 cm³/mol. The van der Waals surface area contributed by atoms with E-state index in [1.807, 2.05) is 25.6 Å². The largest absolute Gasteiger partial charge is 0.396 e. The number of guanidine groups is 1. The molecule has 0 aromatic rings. The highest BCUT2D eigenvalue weighted by atomic mass is 127. The fraction of sp³-hybridized carbons (Fsp3) is 0.923. The molecule has 3 N–H and O–H groups in total. The molecule has 0 bridgehead atoms. The highest BCUT2D eigenvalue weighted by molar-refractivity contribution is 14.0. The number of rotatable bonds is 6. The van der Waals surface area contributed by atoms with E-state index < -0.39 is 0 Å². The maximum atomic E-state index is 9.23. The van der Waals surface area contributed by atoms with Crippen LogP contribution in [0.15, 0.2) is 4.99 Å². The summed E-state index contributed by atoms with van der Waals surface area (Å²) in [5.74, 6) is 2.16. The van der Waals surface area contributed by atoms with Gasteiger partial charge in [0.1, 0.15) is 0 Å². The van der Waals surface area contributed by atoms with E-state index in [-0.39, 0.29) is 36.0 Å². The summed E-state index contributed by atoms with van der Waals surface area (Å²) < 4.78 is 0. The molecule has 4 nitrogen and oxygen atoms in total. The Morgan fingerprint density at radius 3 is 2.68 bits per heavy atom. The molecule has 0 radical (unpaired) electrons. The van der Waals surface area contributed by atoms with Gasteiger partial charge in [-0.05, 0) is 25.5 Å². The first-order chi connectivity index (χ1) is 8.57. The fourth-order valence-corrected chi connectivity index (χ4v) is 2.90. The Morgan fingerprint density at radius 1 is 1.42 bits per heavy atom. The van der Waals surface area contributed by atoms with Gasteiger partial charge >= 0.3 is 0 Å². The van der Waals surface area contributed by atoms with Gasteiger partial charge < -0.3 is 15.7 Å². The second kappa shape index (κ2) is 10.1. The van der Waals surface area contributed by atoms with Gasteiger partial charge in [0.25, 0.3) is 0 Å². The molecule has 1 heterocycles. The van der Waals surface area contributed by atoms with Gasteiger partial charge in [0.05, 0.1) is 6.54 Å². The Bertz CT molecular complexity index is 269. The summed E-state index contributed by atoms with van der Waals surface area (Å²) in [6, 6.07) is 0. The number of hydrogen-bond acceptors (Lipinski definition) is 3. The maximum absolute atomic E-state index is 9.23. The van der Waals surface area contributed by atoms with E-state index in [1.54, 1.807) is 0 Å². The van der Waals surface area contributed by atoms with Crippen LogP contribution < -0.4 is 10.6 Å². The zero-order valence-electron chi connectivity index (χ0n) is 12.2. The van der Waals surface area contributed by atoms with Crippen LogP contribution >= 0.6 is 35.7 Å². The summed E-state index contributed by atoms with van der Waals surface area (Å²) in [7, 11) is 0. The van der Waals surface area contributed by atoms with Crippen molar-refractivity contribution in [1.82, 2.24) is 10.6 Å². The summed E-state index contributed by atoms with van der Waals surface area (Å²) in [5, 5.41) is 16.6. The number of nitrogens with one attached hydrogen (secondary N) is 2. The zero-order valence-corrected chi connectivity index (χ0v) is 15.4. The minimum Gasteiger partial charge on any atom is -0.396 e. The van der Waals surface area contributed by atoms with Crippen molar-refractivity contribution in [2.24, 2.45) is 10.4 Å². The van der Waals surface area contributed by atoms with Crippen molar-refractivity contribution in [3.63, 3.8) is 0 Å². The van der Waals surface area contributed by atoms with Gasteiger partial charge in [0.2, 0.25) is 0 Å². The van der Waals surface area contributed by atoms with Gasteiger partial charge in [-0.1, -0.05) is 13.8 Å². The second-order valence-electron chi connectivity index (χ2n) is 5.53. The first-order valence-electron chi connectivity index (χ1n) is 6.82. The van der Waals surface area contributed by atoms with E-state index >= 15 is 0 Å². The molecule has 1 saturated heterocycles. The topological polar surface area (TPSA) is 56.7 Å². The van der Waals surface area contributed by atoms with Crippen molar-refractivity contribution in [3.05, 3.63) is 0 Å². The third-order valence-electron chi connectivity index (χ3n) is 2.96. The standard InChI is InChI=1S/C13H27N3OS.HI/c1-4-14-12(16-9-13(2,3)10-17)15-8-11-6-5-7-18-11;/h11,17H,4-10H2,1-3H3,(H2,14,15,16);1H. The Balaban J connectivity index is 0.00000324. The van der Waals surface area contributed by atoms with Crippen LogP contribution in [-0.4, -0.2) is 48.3 Å². The summed E-state index contributed by atoms with van der Waals surface area (Å²) in [4.78, 5) is 4.54. The Hall–Kier alpha value is 0.310. The first kappa shape index (κ1) is 19.3. The lowest BCUT2D eigenvalue weighted by Crippen LogP contribution is -2.41. The van der Waals surface area contributed by atoms with Gasteiger partial charge in [0.15, 0.2) is 5.96 Å². The van der Waals surface area contributed by atoms with Crippen LogP contribution in [0.1, 0.15) is 33.6 Å². The summed E-state index contributed by atoms with van der Waals surface area (Å²) in [6.45, 7) is 8.75. The van der Waals surface area contributed by atoms with Gasteiger partial charge in [-0.15, -0.1) is 24.0 Å². The number of aliphatic imine (C=N–C) groups is 1. The lowest BCUT2D eigenvalue weighted by Gasteiger charge is -2.20. The molecule has 1 unspecified atom stereocenters. The minimum atomic E-state index is -0.148. The average Bonchev–Trinajstić information content (AvgIpc) is 2.86. The van der Waals surface area contributed by atoms with E-state index in [1.165, 1.54) is 18.6 Å². The lowest BCUT2D eigenvalue weighted by molar-refractivity contribution is 0.167. The van der Waals surface area contributed by atoms with Gasteiger partial charge in [-0.2, -0.15) is 11.8 Å². The summed E-state index contributed by atoms with van der Waals surface area (Å²) in [5.41, 5.74) is -0.148. The maximum Gasteiger partial charge on any atom is 0.191 e. The van der Waals surface area contributed by atoms with Crippen molar-refractivity contribution in [2.75, 3.05) is 32.0 Å². The van der Waals surface area contributed by atoms with E-state index in [9.17, 15) is 5.11 Å². The van der Waals surface area contributed by atoms with Crippen LogP contribution in [0.4, 0.5) is 0 Å².